The lowest BCUT2D eigenvalue weighted by Crippen LogP contribution is -2.55. The van der Waals surface area contributed by atoms with Crippen molar-refractivity contribution < 1.29 is 24.1 Å². The number of nitrogens with zero attached hydrogens (tertiary/aromatic N) is 3. The van der Waals surface area contributed by atoms with Gasteiger partial charge < -0.3 is 0 Å². The van der Waals surface area contributed by atoms with Crippen LogP contribution in [0.2, 0.25) is 0 Å². The van der Waals surface area contributed by atoms with Gasteiger partial charge in [0.2, 0.25) is 11.8 Å². The summed E-state index contributed by atoms with van der Waals surface area (Å²) in [4.78, 5) is 64.6. The van der Waals surface area contributed by atoms with Crippen LogP contribution < -0.4 is 10.3 Å². The Bertz CT molecular complexity index is 1320. The Hall–Kier alpha value is -4.38. The third-order valence-electron chi connectivity index (χ3n) is 5.75. The molecule has 1 aliphatic heterocycles. The predicted molar refractivity (Wildman–Crippen MR) is 132 cm³/mol. The zero-order valence-corrected chi connectivity index (χ0v) is 20.1. The van der Waals surface area contributed by atoms with Crippen LogP contribution in [0.5, 0.6) is 0 Å². The van der Waals surface area contributed by atoms with Gasteiger partial charge in [-0.05, 0) is 41.6 Å². The van der Waals surface area contributed by atoms with Crippen molar-refractivity contribution in [3.8, 4) is 0 Å². The molecule has 1 unspecified atom stereocenters. The van der Waals surface area contributed by atoms with Crippen molar-refractivity contribution in [3.05, 3.63) is 92.2 Å². The molecule has 36 heavy (non-hydrogen) atoms. The Morgan fingerprint density at radius 1 is 1.14 bits per heavy atom. The molecular formula is C25H22N4O6S. The highest BCUT2D eigenvalue weighted by atomic mass is 32.1. The summed E-state index contributed by atoms with van der Waals surface area (Å²) in [6.45, 7) is 1.98. The zero-order valence-electron chi connectivity index (χ0n) is 19.2. The second kappa shape index (κ2) is 10.5. The summed E-state index contributed by atoms with van der Waals surface area (Å²) < 4.78 is 0. The van der Waals surface area contributed by atoms with Crippen molar-refractivity contribution in [1.82, 2.24) is 10.4 Å². The molecule has 0 aliphatic carbocycles. The molecule has 4 amide bonds. The molecule has 1 aliphatic rings. The first-order valence-corrected chi connectivity index (χ1v) is 12.0. The van der Waals surface area contributed by atoms with E-state index in [1.165, 1.54) is 29.5 Å². The summed E-state index contributed by atoms with van der Waals surface area (Å²) in [6.07, 6.45) is 0.370. The maximum Gasteiger partial charge on any atom is 0.270 e. The van der Waals surface area contributed by atoms with Crippen LogP contribution in [0, 0.1) is 10.1 Å². The lowest BCUT2D eigenvalue weighted by molar-refractivity contribution is -0.384. The van der Waals surface area contributed by atoms with Gasteiger partial charge in [0.25, 0.3) is 17.5 Å². The van der Waals surface area contributed by atoms with E-state index in [-0.39, 0.29) is 24.1 Å². The molecule has 184 valence electrons. The number of amides is 4. The molecule has 1 fully saturated rings. The van der Waals surface area contributed by atoms with Gasteiger partial charge in [-0.1, -0.05) is 31.2 Å². The number of rotatable bonds is 7. The molecule has 10 nitrogen and oxygen atoms in total. The van der Waals surface area contributed by atoms with E-state index in [0.717, 1.165) is 28.0 Å². The Morgan fingerprint density at radius 2 is 1.89 bits per heavy atom. The van der Waals surface area contributed by atoms with Gasteiger partial charge in [0.15, 0.2) is 0 Å². The van der Waals surface area contributed by atoms with Crippen molar-refractivity contribution in [2.75, 3.05) is 4.90 Å². The molecule has 11 heteroatoms. The van der Waals surface area contributed by atoms with E-state index < -0.39 is 34.6 Å². The van der Waals surface area contributed by atoms with E-state index in [1.807, 2.05) is 19.1 Å². The van der Waals surface area contributed by atoms with Crippen molar-refractivity contribution >= 4 is 46.3 Å². The first-order valence-electron chi connectivity index (χ1n) is 11.1. The number of benzene rings is 2. The number of hydrogen-bond acceptors (Lipinski definition) is 7. The molecule has 3 aromatic rings. The number of anilines is 1. The number of carbonyl (C=O) groups is 4. The van der Waals surface area contributed by atoms with E-state index in [9.17, 15) is 29.3 Å². The van der Waals surface area contributed by atoms with E-state index in [1.54, 1.807) is 29.6 Å². The molecule has 2 aromatic carbocycles. The average Bonchev–Trinajstić information content (AvgIpc) is 3.49. The SMILES string of the molecule is CCc1ccc(N2C(=O)CC(N(NC(=O)c3cccc([N+](=O)[O-])c3)C(=O)Cc3cccs3)C2=O)cc1. The Balaban J connectivity index is 1.62. The number of hydrazine groups is 1. The third-order valence-corrected chi connectivity index (χ3v) is 6.63. The molecular weight excluding hydrogens is 484 g/mol. The van der Waals surface area contributed by atoms with Crippen LogP contribution in [0.15, 0.2) is 66.0 Å². The molecule has 2 heterocycles. The highest BCUT2D eigenvalue weighted by Gasteiger charge is 2.45. The summed E-state index contributed by atoms with van der Waals surface area (Å²) in [6, 6.07) is 14.2. The first kappa shape index (κ1) is 24.7. The maximum atomic E-state index is 13.4. The molecule has 1 saturated heterocycles. The van der Waals surface area contributed by atoms with Gasteiger partial charge in [-0.2, -0.15) is 0 Å². The van der Waals surface area contributed by atoms with E-state index >= 15 is 0 Å². The number of hydrogen-bond donors (Lipinski definition) is 1. The van der Waals surface area contributed by atoms with Crippen LogP contribution in [0.25, 0.3) is 0 Å². The smallest absolute Gasteiger partial charge is 0.270 e. The second-order valence-electron chi connectivity index (χ2n) is 8.08. The zero-order chi connectivity index (χ0) is 25.8. The lowest BCUT2D eigenvalue weighted by Gasteiger charge is -2.28. The topological polar surface area (TPSA) is 130 Å². The molecule has 0 spiro atoms. The highest BCUT2D eigenvalue weighted by Crippen LogP contribution is 2.26. The van der Waals surface area contributed by atoms with Gasteiger partial charge in [0.1, 0.15) is 6.04 Å². The van der Waals surface area contributed by atoms with Crippen molar-refractivity contribution in [3.63, 3.8) is 0 Å². The van der Waals surface area contributed by atoms with Gasteiger partial charge in [-0.25, -0.2) is 9.91 Å². The van der Waals surface area contributed by atoms with Gasteiger partial charge in [-0.3, -0.25) is 34.7 Å². The number of non-ortho nitro benzene ring substituents is 1. The van der Waals surface area contributed by atoms with E-state index in [2.05, 4.69) is 5.43 Å². The fourth-order valence-electron chi connectivity index (χ4n) is 3.87. The monoisotopic (exact) mass is 506 g/mol. The molecule has 4 rings (SSSR count). The minimum Gasteiger partial charge on any atom is -0.274 e. The lowest BCUT2D eigenvalue weighted by atomic mass is 10.1. The number of aryl methyl sites for hydroxylation is 1. The Morgan fingerprint density at radius 3 is 2.53 bits per heavy atom. The Kier molecular flexibility index (Phi) is 7.20. The fraction of sp³-hybridized carbons (Fsp3) is 0.200. The van der Waals surface area contributed by atoms with Crippen LogP contribution in [-0.2, 0) is 27.2 Å². The van der Waals surface area contributed by atoms with Crippen LogP contribution in [0.4, 0.5) is 11.4 Å². The first-order chi connectivity index (χ1) is 17.3. The average molecular weight is 507 g/mol. The number of nitrogens with one attached hydrogen (secondary N) is 1. The van der Waals surface area contributed by atoms with Gasteiger partial charge >= 0.3 is 0 Å². The number of nitro benzene ring substituents is 1. The van der Waals surface area contributed by atoms with Crippen LogP contribution in [0.3, 0.4) is 0 Å². The van der Waals surface area contributed by atoms with Crippen molar-refractivity contribution in [2.45, 2.75) is 32.2 Å². The summed E-state index contributed by atoms with van der Waals surface area (Å²) in [5, 5.41) is 13.8. The van der Waals surface area contributed by atoms with Gasteiger partial charge in [0, 0.05) is 22.6 Å². The molecule has 0 bridgehead atoms. The van der Waals surface area contributed by atoms with Gasteiger partial charge in [-0.15, -0.1) is 11.3 Å². The minimum absolute atomic E-state index is 0.0677. The van der Waals surface area contributed by atoms with Crippen LogP contribution in [0.1, 0.15) is 34.1 Å². The molecule has 1 aromatic heterocycles. The summed E-state index contributed by atoms with van der Waals surface area (Å²) in [5.41, 5.74) is 3.47. The molecule has 1 atom stereocenters. The molecule has 0 radical (unpaired) electrons. The quantitative estimate of drug-likeness (QED) is 0.297. The number of nitro groups is 1. The third kappa shape index (κ3) is 5.15. The fourth-order valence-corrected chi connectivity index (χ4v) is 4.56. The number of carbonyl (C=O) groups excluding carboxylic acids is 4. The van der Waals surface area contributed by atoms with Crippen molar-refractivity contribution in [2.24, 2.45) is 0 Å². The summed E-state index contributed by atoms with van der Waals surface area (Å²) >= 11 is 1.34. The largest absolute Gasteiger partial charge is 0.274 e. The number of imide groups is 1. The second-order valence-corrected chi connectivity index (χ2v) is 9.11. The highest BCUT2D eigenvalue weighted by molar-refractivity contribution is 7.10. The van der Waals surface area contributed by atoms with Crippen LogP contribution >= 0.6 is 11.3 Å². The summed E-state index contributed by atoms with van der Waals surface area (Å²) in [5.74, 6) is -2.56. The molecule has 0 saturated carbocycles. The summed E-state index contributed by atoms with van der Waals surface area (Å²) in [7, 11) is 0. The van der Waals surface area contributed by atoms with E-state index in [0.29, 0.717) is 10.6 Å². The van der Waals surface area contributed by atoms with E-state index in [4.69, 9.17) is 0 Å². The molecule has 1 N–H and O–H groups in total. The minimum atomic E-state index is -1.27. The Labute approximate surface area is 210 Å². The number of thiophene rings is 1. The maximum absolute atomic E-state index is 13.4. The normalized spacial score (nSPS) is 15.1. The van der Waals surface area contributed by atoms with Crippen molar-refractivity contribution in [1.29, 1.82) is 0 Å². The van der Waals surface area contributed by atoms with Gasteiger partial charge in [0.05, 0.1) is 23.5 Å². The predicted octanol–water partition coefficient (Wildman–Crippen LogP) is 3.27. The van der Waals surface area contributed by atoms with Crippen LogP contribution in [-0.4, -0.2) is 39.6 Å². The standard InChI is InChI=1S/C25H22N4O6S/c1-2-16-8-10-18(11-9-16)27-22(30)15-21(25(27)33)28(23(31)14-20-7-4-12-36-20)26-24(32)17-5-3-6-19(13-17)29(34)35/h3-13,21H,2,14-15H2,1H3,(H,26,32).